The molecule has 1 aliphatic heterocycles. The largest absolute Gasteiger partial charge is 0.390 e. The lowest BCUT2D eigenvalue weighted by Crippen LogP contribution is -2.30. The quantitative estimate of drug-likeness (QED) is 0.868. The van der Waals surface area contributed by atoms with Crippen molar-refractivity contribution < 1.29 is 18.6 Å². The fourth-order valence-electron chi connectivity index (χ4n) is 2.36. The molecular weight excluding hydrogens is 270 g/mol. The first kappa shape index (κ1) is 14.8. The van der Waals surface area contributed by atoms with E-state index < -0.39 is 19.1 Å². The topological polar surface area (TPSA) is 84.0 Å². The number of aliphatic hydroxyl groups is 1. The average Bonchev–Trinajstić information content (AvgIpc) is 2.82. The molecule has 1 fully saturated rings. The average molecular weight is 286 g/mol. The van der Waals surface area contributed by atoms with E-state index in [0.29, 0.717) is 37.4 Å². The first-order chi connectivity index (χ1) is 9.57. The second-order valence-electron chi connectivity index (χ2n) is 4.81. The molecule has 0 aliphatic carbocycles. The van der Waals surface area contributed by atoms with E-state index in [1.807, 2.05) is 6.07 Å². The Bertz CT molecular complexity index is 492. The highest BCUT2D eigenvalue weighted by atomic mass is 19.3. The lowest BCUT2D eigenvalue weighted by atomic mass is 9.94. The van der Waals surface area contributed by atoms with E-state index in [1.54, 1.807) is 0 Å². The zero-order valence-corrected chi connectivity index (χ0v) is 10.9. The molecule has 110 valence electrons. The smallest absolute Gasteiger partial charge is 0.289 e. The van der Waals surface area contributed by atoms with Gasteiger partial charge in [0.2, 0.25) is 0 Å². The van der Waals surface area contributed by atoms with E-state index in [2.05, 4.69) is 10.3 Å². The SMILES string of the molecule is N#CCc1nnn(CC(F)(F)CO)c1C1CCOCC1. The van der Waals surface area contributed by atoms with E-state index in [9.17, 15) is 8.78 Å². The van der Waals surface area contributed by atoms with Crippen molar-refractivity contribution >= 4 is 0 Å². The van der Waals surface area contributed by atoms with E-state index >= 15 is 0 Å². The molecule has 0 unspecified atom stereocenters. The molecular formula is C12H16F2N4O2. The van der Waals surface area contributed by atoms with E-state index in [0.717, 1.165) is 4.68 Å². The molecule has 0 radical (unpaired) electrons. The summed E-state index contributed by atoms with van der Waals surface area (Å²) in [7, 11) is 0. The van der Waals surface area contributed by atoms with Crippen molar-refractivity contribution in [3.05, 3.63) is 11.4 Å². The number of ether oxygens (including phenoxy) is 1. The van der Waals surface area contributed by atoms with Gasteiger partial charge in [-0.3, -0.25) is 0 Å². The van der Waals surface area contributed by atoms with Gasteiger partial charge in [-0.2, -0.15) is 5.26 Å². The van der Waals surface area contributed by atoms with Crippen LogP contribution in [0.25, 0.3) is 0 Å². The molecule has 6 nitrogen and oxygen atoms in total. The molecule has 0 bridgehead atoms. The number of nitrogens with zero attached hydrogens (tertiary/aromatic N) is 4. The van der Waals surface area contributed by atoms with E-state index in [1.165, 1.54) is 0 Å². The summed E-state index contributed by atoms with van der Waals surface area (Å²) in [6.45, 7) is -0.862. The molecule has 1 saturated heterocycles. The summed E-state index contributed by atoms with van der Waals surface area (Å²) in [6.07, 6.45) is 1.42. The van der Waals surface area contributed by atoms with Gasteiger partial charge in [-0.25, -0.2) is 13.5 Å². The van der Waals surface area contributed by atoms with E-state index in [-0.39, 0.29) is 12.3 Å². The lowest BCUT2D eigenvalue weighted by Gasteiger charge is -2.24. The van der Waals surface area contributed by atoms with Gasteiger partial charge >= 0.3 is 0 Å². The summed E-state index contributed by atoms with van der Waals surface area (Å²) in [4.78, 5) is 0. The van der Waals surface area contributed by atoms with Crippen LogP contribution in [0, 0.1) is 11.3 Å². The molecule has 1 aromatic heterocycles. The van der Waals surface area contributed by atoms with Crippen molar-refractivity contribution in [3.8, 4) is 6.07 Å². The van der Waals surface area contributed by atoms with Gasteiger partial charge in [-0.1, -0.05) is 5.21 Å². The zero-order valence-electron chi connectivity index (χ0n) is 10.9. The molecule has 1 aliphatic rings. The third-order valence-corrected chi connectivity index (χ3v) is 3.31. The standard InChI is InChI=1S/C12H16F2N4O2/c13-12(14,8-19)7-18-11(9-2-5-20-6-3-9)10(1-4-15)16-17-18/h9,19H,1-3,5-8H2. The molecule has 2 heterocycles. The number of hydrogen-bond donors (Lipinski definition) is 1. The number of aliphatic hydroxyl groups excluding tert-OH is 1. The van der Waals surface area contributed by atoms with Gasteiger partial charge in [0.1, 0.15) is 18.8 Å². The van der Waals surface area contributed by atoms with Gasteiger partial charge in [0.25, 0.3) is 5.92 Å². The summed E-state index contributed by atoms with van der Waals surface area (Å²) >= 11 is 0. The Kier molecular flexibility index (Phi) is 4.62. The van der Waals surface area contributed by atoms with Crippen LogP contribution in [0.5, 0.6) is 0 Å². The van der Waals surface area contributed by atoms with Crippen molar-refractivity contribution in [2.24, 2.45) is 0 Å². The molecule has 2 rings (SSSR count). The molecule has 0 aromatic carbocycles. The van der Waals surface area contributed by atoms with Gasteiger partial charge in [0, 0.05) is 19.1 Å². The fourth-order valence-corrected chi connectivity index (χ4v) is 2.36. The molecule has 0 saturated carbocycles. The van der Waals surface area contributed by atoms with Crippen LogP contribution in [0.1, 0.15) is 30.1 Å². The van der Waals surface area contributed by atoms with Crippen molar-refractivity contribution in [3.63, 3.8) is 0 Å². The number of rotatable bonds is 5. The Morgan fingerprint density at radius 3 is 2.75 bits per heavy atom. The predicted molar refractivity (Wildman–Crippen MR) is 64.2 cm³/mol. The first-order valence-electron chi connectivity index (χ1n) is 6.43. The van der Waals surface area contributed by atoms with Crippen molar-refractivity contribution in [1.29, 1.82) is 5.26 Å². The van der Waals surface area contributed by atoms with Crippen LogP contribution in [-0.4, -0.2) is 45.8 Å². The van der Waals surface area contributed by atoms with Gasteiger partial charge in [0.05, 0.1) is 18.2 Å². The Morgan fingerprint density at radius 2 is 2.15 bits per heavy atom. The minimum absolute atomic E-state index is 0.0107. The van der Waals surface area contributed by atoms with Crippen LogP contribution in [-0.2, 0) is 17.7 Å². The van der Waals surface area contributed by atoms with Gasteiger partial charge < -0.3 is 9.84 Å². The van der Waals surface area contributed by atoms with Crippen molar-refractivity contribution in [1.82, 2.24) is 15.0 Å². The number of aromatic nitrogens is 3. The molecule has 0 atom stereocenters. The van der Waals surface area contributed by atoms with Gasteiger partial charge in [0.15, 0.2) is 0 Å². The van der Waals surface area contributed by atoms with Crippen LogP contribution in [0.15, 0.2) is 0 Å². The molecule has 8 heteroatoms. The van der Waals surface area contributed by atoms with Crippen LogP contribution in [0.3, 0.4) is 0 Å². The van der Waals surface area contributed by atoms with E-state index in [4.69, 9.17) is 15.1 Å². The maximum Gasteiger partial charge on any atom is 0.289 e. The predicted octanol–water partition coefficient (Wildman–Crippen LogP) is 0.866. The summed E-state index contributed by atoms with van der Waals surface area (Å²) in [5.41, 5.74) is 1.01. The maximum atomic E-state index is 13.4. The lowest BCUT2D eigenvalue weighted by molar-refractivity contribution is -0.0664. The van der Waals surface area contributed by atoms with Gasteiger partial charge in [-0.05, 0) is 12.8 Å². The highest BCUT2D eigenvalue weighted by Gasteiger charge is 2.33. The fraction of sp³-hybridized carbons (Fsp3) is 0.750. The number of hydrogen-bond acceptors (Lipinski definition) is 5. The summed E-state index contributed by atoms with van der Waals surface area (Å²) in [6, 6.07) is 1.97. The van der Waals surface area contributed by atoms with Crippen LogP contribution in [0.2, 0.25) is 0 Å². The molecule has 0 spiro atoms. The monoisotopic (exact) mass is 286 g/mol. The third kappa shape index (κ3) is 3.29. The zero-order chi connectivity index (χ0) is 14.6. The number of alkyl halides is 2. The summed E-state index contributed by atoms with van der Waals surface area (Å²) < 4.78 is 33.1. The van der Waals surface area contributed by atoms with Gasteiger partial charge in [-0.15, -0.1) is 5.10 Å². The Balaban J connectivity index is 2.29. The Hall–Kier alpha value is -1.59. The van der Waals surface area contributed by atoms with Crippen molar-refractivity contribution in [2.75, 3.05) is 19.8 Å². The normalized spacial score (nSPS) is 17.1. The highest BCUT2D eigenvalue weighted by Crippen LogP contribution is 2.30. The van der Waals surface area contributed by atoms with Crippen LogP contribution in [0.4, 0.5) is 8.78 Å². The molecule has 1 aromatic rings. The third-order valence-electron chi connectivity index (χ3n) is 3.31. The Labute approximate surface area is 115 Å². The summed E-state index contributed by atoms with van der Waals surface area (Å²) in [5, 5.41) is 25.0. The van der Waals surface area contributed by atoms with Crippen LogP contribution < -0.4 is 0 Å². The minimum Gasteiger partial charge on any atom is -0.390 e. The van der Waals surface area contributed by atoms with Crippen LogP contribution >= 0.6 is 0 Å². The first-order valence-corrected chi connectivity index (χ1v) is 6.43. The second kappa shape index (κ2) is 6.24. The summed E-state index contributed by atoms with van der Waals surface area (Å²) in [5.74, 6) is -3.24. The van der Waals surface area contributed by atoms with Crippen molar-refractivity contribution in [2.45, 2.75) is 37.6 Å². The minimum atomic E-state index is -3.25. The molecule has 0 amide bonds. The maximum absolute atomic E-state index is 13.4. The number of nitriles is 1. The number of halogens is 2. The second-order valence-corrected chi connectivity index (χ2v) is 4.81. The molecule has 1 N–H and O–H groups in total. The Morgan fingerprint density at radius 1 is 1.45 bits per heavy atom. The molecule has 20 heavy (non-hydrogen) atoms. The highest BCUT2D eigenvalue weighted by molar-refractivity contribution is 5.19.